The van der Waals surface area contributed by atoms with Crippen LogP contribution in [0, 0.1) is 0 Å². The van der Waals surface area contributed by atoms with Crippen LogP contribution in [0.25, 0.3) is 0 Å². The molecule has 1 aliphatic heterocycles. The normalized spacial score (nSPS) is 13.9. The summed E-state index contributed by atoms with van der Waals surface area (Å²) in [7, 11) is -0.241. The molecule has 1 heterocycles. The summed E-state index contributed by atoms with van der Waals surface area (Å²) in [4.78, 5) is 2.56. The summed E-state index contributed by atoms with van der Waals surface area (Å²) in [5, 5.41) is 0.240. The van der Waals surface area contributed by atoms with E-state index in [4.69, 9.17) is 21.1 Å². The fourth-order valence-electron chi connectivity index (χ4n) is 3.72. The van der Waals surface area contributed by atoms with Gasteiger partial charge in [0.15, 0.2) is 11.5 Å². The summed E-state index contributed by atoms with van der Waals surface area (Å²) in [6.45, 7) is 3.31. The van der Waals surface area contributed by atoms with Crippen molar-refractivity contribution in [3.8, 4) is 11.5 Å². The molecule has 0 aliphatic carbocycles. The SMILES string of the molecule is COc1cc2c(cc1OC)CN(CCCCCNS(=O)(=O)c1ccccc1Cl)CC2.Cl. The zero-order chi connectivity index (χ0) is 21.6. The van der Waals surface area contributed by atoms with Crippen molar-refractivity contribution in [3.05, 3.63) is 52.5 Å². The fourth-order valence-corrected chi connectivity index (χ4v) is 5.31. The number of fused-ring (bicyclic) bond motifs is 1. The van der Waals surface area contributed by atoms with E-state index in [1.165, 1.54) is 17.2 Å². The number of halogens is 2. The van der Waals surface area contributed by atoms with E-state index < -0.39 is 10.0 Å². The Morgan fingerprint density at radius 3 is 2.39 bits per heavy atom. The van der Waals surface area contributed by atoms with Crippen molar-refractivity contribution in [1.82, 2.24) is 9.62 Å². The van der Waals surface area contributed by atoms with E-state index in [0.717, 1.165) is 56.8 Å². The van der Waals surface area contributed by atoms with Crippen LogP contribution in [-0.2, 0) is 23.0 Å². The molecule has 0 atom stereocenters. The molecule has 0 amide bonds. The molecule has 0 unspecified atom stereocenters. The number of methoxy groups -OCH3 is 2. The highest BCUT2D eigenvalue weighted by Gasteiger charge is 2.19. The lowest BCUT2D eigenvalue weighted by Crippen LogP contribution is -2.31. The largest absolute Gasteiger partial charge is 0.493 e. The van der Waals surface area contributed by atoms with Gasteiger partial charge in [-0.2, -0.15) is 0 Å². The number of unbranched alkanes of at least 4 members (excludes halogenated alkanes) is 2. The van der Waals surface area contributed by atoms with Gasteiger partial charge >= 0.3 is 0 Å². The molecule has 0 radical (unpaired) electrons. The average molecular weight is 489 g/mol. The van der Waals surface area contributed by atoms with Gasteiger partial charge in [-0.15, -0.1) is 12.4 Å². The highest BCUT2D eigenvalue weighted by atomic mass is 35.5. The van der Waals surface area contributed by atoms with Gasteiger partial charge in [0.1, 0.15) is 4.90 Å². The number of ether oxygens (including phenoxy) is 2. The minimum absolute atomic E-state index is 0. The van der Waals surface area contributed by atoms with Gasteiger partial charge in [0.05, 0.1) is 19.2 Å². The van der Waals surface area contributed by atoms with Crippen LogP contribution in [-0.4, -0.2) is 47.2 Å². The quantitative estimate of drug-likeness (QED) is 0.505. The van der Waals surface area contributed by atoms with Crippen molar-refractivity contribution >= 4 is 34.0 Å². The first-order valence-corrected chi connectivity index (χ1v) is 12.0. The van der Waals surface area contributed by atoms with Crippen LogP contribution in [0.5, 0.6) is 11.5 Å². The molecule has 1 aliphatic rings. The molecule has 0 bridgehead atoms. The average Bonchev–Trinajstić information content (AvgIpc) is 2.75. The van der Waals surface area contributed by atoms with Crippen molar-refractivity contribution in [2.24, 2.45) is 0 Å². The second-order valence-corrected chi connectivity index (χ2v) is 9.53. The lowest BCUT2D eigenvalue weighted by Gasteiger charge is -2.29. The molecule has 0 saturated carbocycles. The van der Waals surface area contributed by atoms with Crippen molar-refractivity contribution in [2.75, 3.05) is 33.9 Å². The highest BCUT2D eigenvalue weighted by molar-refractivity contribution is 7.89. The lowest BCUT2D eigenvalue weighted by molar-refractivity contribution is 0.247. The number of benzene rings is 2. The van der Waals surface area contributed by atoms with Crippen molar-refractivity contribution in [2.45, 2.75) is 37.1 Å². The Kier molecular flexibility index (Phi) is 9.90. The van der Waals surface area contributed by atoms with Gasteiger partial charge in [-0.05, 0) is 61.2 Å². The molecule has 2 aromatic rings. The molecular weight excluding hydrogens is 459 g/mol. The molecule has 1 N–H and O–H groups in total. The zero-order valence-electron chi connectivity index (χ0n) is 17.9. The van der Waals surface area contributed by atoms with E-state index in [-0.39, 0.29) is 22.3 Å². The Balaban J connectivity index is 0.00000341. The second-order valence-electron chi connectivity index (χ2n) is 7.39. The maximum Gasteiger partial charge on any atom is 0.242 e. The van der Waals surface area contributed by atoms with Crippen LogP contribution >= 0.6 is 24.0 Å². The summed E-state index contributed by atoms with van der Waals surface area (Å²) in [5.74, 6) is 1.55. The molecule has 0 spiro atoms. The van der Waals surface area contributed by atoms with E-state index in [1.54, 1.807) is 32.4 Å². The van der Waals surface area contributed by atoms with E-state index in [9.17, 15) is 8.42 Å². The van der Waals surface area contributed by atoms with Gasteiger partial charge in [0.25, 0.3) is 0 Å². The predicted octanol–water partition coefficient (Wildman–Crippen LogP) is 4.29. The predicted molar refractivity (Wildman–Crippen MR) is 126 cm³/mol. The molecule has 9 heteroatoms. The first kappa shape index (κ1) is 25.7. The van der Waals surface area contributed by atoms with Gasteiger partial charge in [-0.25, -0.2) is 13.1 Å². The molecular formula is C22H30Cl2N2O4S. The van der Waals surface area contributed by atoms with Crippen LogP contribution in [0.4, 0.5) is 0 Å². The molecule has 172 valence electrons. The van der Waals surface area contributed by atoms with Gasteiger partial charge in [-0.1, -0.05) is 30.2 Å². The van der Waals surface area contributed by atoms with Crippen molar-refractivity contribution in [1.29, 1.82) is 0 Å². The van der Waals surface area contributed by atoms with E-state index in [1.807, 2.05) is 0 Å². The first-order valence-electron chi connectivity index (χ1n) is 10.1. The zero-order valence-corrected chi connectivity index (χ0v) is 20.3. The summed E-state index contributed by atoms with van der Waals surface area (Å²) in [5.41, 5.74) is 2.60. The van der Waals surface area contributed by atoms with Gasteiger partial charge in [-0.3, -0.25) is 4.90 Å². The van der Waals surface area contributed by atoms with Crippen molar-refractivity contribution in [3.63, 3.8) is 0 Å². The third-order valence-corrected chi connectivity index (χ3v) is 7.33. The van der Waals surface area contributed by atoms with Crippen LogP contribution in [0.2, 0.25) is 5.02 Å². The van der Waals surface area contributed by atoms with Crippen molar-refractivity contribution < 1.29 is 17.9 Å². The monoisotopic (exact) mass is 488 g/mol. The Labute approximate surface area is 196 Å². The minimum Gasteiger partial charge on any atom is -0.493 e. The molecule has 0 aromatic heterocycles. The second kappa shape index (κ2) is 11.9. The number of hydrogen-bond donors (Lipinski definition) is 1. The van der Waals surface area contributed by atoms with Gasteiger partial charge < -0.3 is 9.47 Å². The lowest BCUT2D eigenvalue weighted by atomic mass is 9.98. The summed E-state index contributed by atoms with van der Waals surface area (Å²) in [6.07, 6.45) is 3.77. The third-order valence-electron chi connectivity index (χ3n) is 5.37. The fraction of sp³-hybridized carbons (Fsp3) is 0.455. The first-order chi connectivity index (χ1) is 14.4. The van der Waals surface area contributed by atoms with E-state index in [0.29, 0.717) is 6.54 Å². The number of nitrogens with one attached hydrogen (secondary N) is 1. The molecule has 0 saturated heterocycles. The minimum atomic E-state index is -3.56. The van der Waals surface area contributed by atoms with E-state index >= 15 is 0 Å². The molecule has 31 heavy (non-hydrogen) atoms. The number of sulfonamides is 1. The maximum absolute atomic E-state index is 12.3. The van der Waals surface area contributed by atoms with Gasteiger partial charge in [0.2, 0.25) is 10.0 Å². The third kappa shape index (κ3) is 6.73. The van der Waals surface area contributed by atoms with Crippen LogP contribution < -0.4 is 14.2 Å². The van der Waals surface area contributed by atoms with Crippen LogP contribution in [0.1, 0.15) is 30.4 Å². The molecule has 2 aromatic carbocycles. The topological polar surface area (TPSA) is 67.9 Å². The Hall–Kier alpha value is -1.51. The molecule has 0 fully saturated rings. The Morgan fingerprint density at radius 2 is 1.71 bits per heavy atom. The Bertz CT molecular complexity index is 970. The highest BCUT2D eigenvalue weighted by Crippen LogP contribution is 2.33. The maximum atomic E-state index is 12.3. The van der Waals surface area contributed by atoms with Crippen LogP contribution in [0.15, 0.2) is 41.3 Å². The van der Waals surface area contributed by atoms with Crippen LogP contribution in [0.3, 0.4) is 0 Å². The Morgan fingerprint density at radius 1 is 1.03 bits per heavy atom. The van der Waals surface area contributed by atoms with Gasteiger partial charge in [0, 0.05) is 19.6 Å². The molecule has 3 rings (SSSR count). The van der Waals surface area contributed by atoms with E-state index in [2.05, 4.69) is 21.8 Å². The summed E-state index contributed by atoms with van der Waals surface area (Å²) in [6, 6.07) is 10.6. The summed E-state index contributed by atoms with van der Waals surface area (Å²) >= 11 is 5.99. The number of rotatable bonds is 10. The standard InChI is InChI=1S/C22H29ClN2O4S.ClH/c1-28-20-14-17-10-13-25(16-18(17)15-21(20)29-2)12-7-3-6-11-24-30(26,27)22-9-5-4-8-19(22)23;/h4-5,8-9,14-15,24H,3,6-7,10-13,16H2,1-2H3;1H. The number of hydrogen-bond acceptors (Lipinski definition) is 5. The molecule has 6 nitrogen and oxygen atoms in total. The summed E-state index contributed by atoms with van der Waals surface area (Å²) < 4.78 is 38.1. The number of nitrogens with zero attached hydrogens (tertiary/aromatic N) is 1. The smallest absolute Gasteiger partial charge is 0.242 e.